The number of rotatable bonds is 8. The fraction of sp³-hybridized carbons (Fsp3) is 0.481. The van der Waals surface area contributed by atoms with Gasteiger partial charge in [0.15, 0.2) is 11.6 Å². The van der Waals surface area contributed by atoms with Gasteiger partial charge in [-0.15, -0.1) is 0 Å². The van der Waals surface area contributed by atoms with Crippen molar-refractivity contribution in [3.63, 3.8) is 0 Å². The SMILES string of the molecule is C[C@@H]1CN(c2cc(Cl)ccc2NC(=O)c2ccc(CNC(=O)[C@H]3CCNC3)c(F)c2F)CCN1CCC(F)(F)F. The van der Waals surface area contributed by atoms with E-state index in [2.05, 4.69) is 16.0 Å². The molecule has 0 unspecified atom stereocenters. The summed E-state index contributed by atoms with van der Waals surface area (Å²) in [6.45, 7) is 3.87. The number of piperazine rings is 1. The molecule has 0 radical (unpaired) electrons. The van der Waals surface area contributed by atoms with Crippen LogP contribution < -0.4 is 20.9 Å². The number of hydrogen-bond donors (Lipinski definition) is 3. The molecule has 0 spiro atoms. The summed E-state index contributed by atoms with van der Waals surface area (Å²) in [4.78, 5) is 28.8. The molecule has 13 heteroatoms. The van der Waals surface area contributed by atoms with Gasteiger partial charge in [0.25, 0.3) is 5.91 Å². The van der Waals surface area contributed by atoms with Gasteiger partial charge in [-0.1, -0.05) is 17.7 Å². The third kappa shape index (κ3) is 7.41. The monoisotopic (exact) mass is 587 g/mol. The molecule has 2 aromatic carbocycles. The Bertz CT molecular complexity index is 1240. The van der Waals surface area contributed by atoms with Crippen molar-refractivity contribution in [1.82, 2.24) is 15.5 Å². The summed E-state index contributed by atoms with van der Waals surface area (Å²) in [6.07, 6.45) is -4.47. The van der Waals surface area contributed by atoms with Gasteiger partial charge < -0.3 is 20.9 Å². The highest BCUT2D eigenvalue weighted by molar-refractivity contribution is 6.31. The van der Waals surface area contributed by atoms with Crippen molar-refractivity contribution < 1.29 is 31.5 Å². The summed E-state index contributed by atoms with van der Waals surface area (Å²) in [5, 5.41) is 8.65. The normalized spacial score (nSPS) is 20.0. The molecular formula is C27H31ClF5N5O2. The van der Waals surface area contributed by atoms with Crippen LogP contribution in [-0.2, 0) is 11.3 Å². The van der Waals surface area contributed by atoms with Crippen LogP contribution in [0.4, 0.5) is 33.3 Å². The predicted octanol–water partition coefficient (Wildman–Crippen LogP) is 4.56. The van der Waals surface area contributed by atoms with Gasteiger partial charge in [0.05, 0.1) is 29.3 Å². The molecule has 0 aliphatic carbocycles. The molecule has 2 atom stereocenters. The van der Waals surface area contributed by atoms with E-state index in [1.165, 1.54) is 18.2 Å². The fourth-order valence-corrected chi connectivity index (χ4v) is 5.15. The average Bonchev–Trinajstić information content (AvgIpc) is 3.44. The first-order valence-electron chi connectivity index (χ1n) is 13.0. The fourth-order valence-electron chi connectivity index (χ4n) is 4.98. The Hall–Kier alpha value is -2.96. The minimum absolute atomic E-state index is 0.0853. The largest absolute Gasteiger partial charge is 0.390 e. The Balaban J connectivity index is 1.44. The van der Waals surface area contributed by atoms with Crippen molar-refractivity contribution in [2.45, 2.75) is 38.5 Å². The molecule has 0 saturated carbocycles. The summed E-state index contributed by atoms with van der Waals surface area (Å²) in [7, 11) is 0. The predicted molar refractivity (Wildman–Crippen MR) is 143 cm³/mol. The number of carbonyl (C=O) groups excluding carboxylic acids is 2. The summed E-state index contributed by atoms with van der Waals surface area (Å²) in [5.41, 5.74) is 0.216. The average molecular weight is 588 g/mol. The highest BCUT2D eigenvalue weighted by Gasteiger charge is 2.32. The van der Waals surface area contributed by atoms with Crippen LogP contribution in [0, 0.1) is 17.6 Å². The maximum absolute atomic E-state index is 14.9. The molecule has 40 heavy (non-hydrogen) atoms. The molecule has 2 aromatic rings. The summed E-state index contributed by atoms with van der Waals surface area (Å²) >= 11 is 6.19. The van der Waals surface area contributed by atoms with Crippen molar-refractivity contribution >= 4 is 34.8 Å². The van der Waals surface area contributed by atoms with E-state index in [9.17, 15) is 31.5 Å². The minimum atomic E-state index is -4.24. The number of amides is 2. The molecule has 2 saturated heterocycles. The molecule has 2 aliphatic heterocycles. The van der Waals surface area contributed by atoms with E-state index in [0.29, 0.717) is 49.0 Å². The lowest BCUT2D eigenvalue weighted by Gasteiger charge is -2.41. The minimum Gasteiger partial charge on any atom is -0.367 e. The lowest BCUT2D eigenvalue weighted by molar-refractivity contribution is -0.139. The summed E-state index contributed by atoms with van der Waals surface area (Å²) in [5.74, 6) is -3.92. The Morgan fingerprint density at radius 1 is 1.12 bits per heavy atom. The maximum atomic E-state index is 14.9. The molecule has 0 bridgehead atoms. The standard InChI is InChI=1S/C27H31ClF5N5O2/c1-16-15-38(11-10-37(16)9-7-27(31,32)33)22-12-19(28)3-5-21(22)36-26(40)20-4-2-17(23(29)24(20)30)14-35-25(39)18-6-8-34-13-18/h2-5,12,16,18,34H,6-11,13-15H2,1H3,(H,35,39)(H,36,40)/t16-,18+/m1/s1. The van der Waals surface area contributed by atoms with E-state index in [1.807, 2.05) is 11.8 Å². The quantitative estimate of drug-likeness (QED) is 0.395. The zero-order valence-corrected chi connectivity index (χ0v) is 22.6. The Morgan fingerprint density at radius 3 is 2.58 bits per heavy atom. The van der Waals surface area contributed by atoms with Gasteiger partial charge in [-0.2, -0.15) is 13.2 Å². The smallest absolute Gasteiger partial charge is 0.367 e. The van der Waals surface area contributed by atoms with Gasteiger partial charge in [0, 0.05) is 55.9 Å². The highest BCUT2D eigenvalue weighted by Crippen LogP contribution is 2.32. The van der Waals surface area contributed by atoms with E-state index < -0.39 is 35.7 Å². The molecule has 218 valence electrons. The lowest BCUT2D eigenvalue weighted by Crippen LogP contribution is -2.52. The van der Waals surface area contributed by atoms with E-state index in [0.717, 1.165) is 12.6 Å². The van der Waals surface area contributed by atoms with Crippen molar-refractivity contribution in [1.29, 1.82) is 0 Å². The Morgan fingerprint density at radius 2 is 1.90 bits per heavy atom. The molecule has 2 heterocycles. The Labute approximate surface area is 234 Å². The first-order chi connectivity index (χ1) is 18.9. The van der Waals surface area contributed by atoms with E-state index >= 15 is 0 Å². The van der Waals surface area contributed by atoms with E-state index in [4.69, 9.17) is 11.6 Å². The second-order valence-electron chi connectivity index (χ2n) is 10.1. The molecule has 2 aliphatic rings. The molecule has 3 N–H and O–H groups in total. The summed E-state index contributed by atoms with van der Waals surface area (Å²) < 4.78 is 67.8. The number of nitrogens with zero attached hydrogens (tertiary/aromatic N) is 2. The van der Waals surface area contributed by atoms with Crippen LogP contribution in [0.5, 0.6) is 0 Å². The molecule has 2 fully saturated rings. The lowest BCUT2D eigenvalue weighted by atomic mass is 10.1. The maximum Gasteiger partial charge on any atom is 0.390 e. The highest BCUT2D eigenvalue weighted by atomic mass is 35.5. The van der Waals surface area contributed by atoms with Crippen LogP contribution >= 0.6 is 11.6 Å². The molecule has 7 nitrogen and oxygen atoms in total. The van der Waals surface area contributed by atoms with E-state index in [-0.39, 0.29) is 36.5 Å². The van der Waals surface area contributed by atoms with Gasteiger partial charge in [-0.3, -0.25) is 14.5 Å². The first kappa shape index (κ1) is 30.0. The molecule has 2 amide bonds. The van der Waals surface area contributed by atoms with Crippen molar-refractivity contribution in [2.75, 3.05) is 49.5 Å². The van der Waals surface area contributed by atoms with E-state index in [1.54, 1.807) is 11.0 Å². The number of benzene rings is 2. The number of alkyl halides is 3. The van der Waals surface area contributed by atoms with Crippen LogP contribution in [0.2, 0.25) is 5.02 Å². The van der Waals surface area contributed by atoms with Crippen LogP contribution in [0.1, 0.15) is 35.7 Å². The van der Waals surface area contributed by atoms with Gasteiger partial charge in [0.2, 0.25) is 5.91 Å². The number of halogens is 6. The van der Waals surface area contributed by atoms with Crippen molar-refractivity contribution in [2.24, 2.45) is 5.92 Å². The molecule has 4 rings (SSSR count). The second-order valence-corrected chi connectivity index (χ2v) is 10.6. The third-order valence-corrected chi connectivity index (χ3v) is 7.52. The number of hydrogen-bond acceptors (Lipinski definition) is 5. The van der Waals surface area contributed by atoms with Crippen LogP contribution in [0.3, 0.4) is 0 Å². The molecule has 0 aromatic heterocycles. The van der Waals surface area contributed by atoms with Crippen molar-refractivity contribution in [3.05, 3.63) is 58.1 Å². The second kappa shape index (κ2) is 12.7. The van der Waals surface area contributed by atoms with Gasteiger partial charge >= 0.3 is 6.18 Å². The van der Waals surface area contributed by atoms with Crippen LogP contribution in [-0.4, -0.2) is 68.2 Å². The number of carbonyl (C=O) groups is 2. The zero-order valence-electron chi connectivity index (χ0n) is 21.9. The Kier molecular flexibility index (Phi) is 9.52. The topological polar surface area (TPSA) is 76.7 Å². The summed E-state index contributed by atoms with van der Waals surface area (Å²) in [6, 6.07) is 6.88. The molecular weight excluding hydrogens is 557 g/mol. The van der Waals surface area contributed by atoms with Crippen LogP contribution in [0.25, 0.3) is 0 Å². The van der Waals surface area contributed by atoms with Gasteiger partial charge in [0.1, 0.15) is 0 Å². The first-order valence-corrected chi connectivity index (χ1v) is 13.4. The van der Waals surface area contributed by atoms with Gasteiger partial charge in [-0.05, 0) is 44.2 Å². The van der Waals surface area contributed by atoms with Gasteiger partial charge in [-0.25, -0.2) is 8.78 Å². The zero-order chi connectivity index (χ0) is 29.0. The number of anilines is 2. The van der Waals surface area contributed by atoms with Crippen LogP contribution in [0.15, 0.2) is 30.3 Å². The number of nitrogens with one attached hydrogen (secondary N) is 3. The third-order valence-electron chi connectivity index (χ3n) is 7.29. The van der Waals surface area contributed by atoms with Crippen molar-refractivity contribution in [3.8, 4) is 0 Å².